The van der Waals surface area contributed by atoms with Crippen LogP contribution in [-0.4, -0.2) is 38.2 Å². The fraction of sp³-hybridized carbons (Fsp3) is 0.333. The molecule has 35 heavy (non-hydrogen) atoms. The Morgan fingerprint density at radius 2 is 1.46 bits per heavy atom. The molecule has 1 aliphatic heterocycles. The molecule has 0 unspecified atom stereocenters. The summed E-state index contributed by atoms with van der Waals surface area (Å²) in [7, 11) is -3.39. The smallest absolute Gasteiger partial charge is 0.373 e. The Labute approximate surface area is 204 Å². The molecule has 0 radical (unpaired) electrons. The number of piperidine rings is 1. The summed E-state index contributed by atoms with van der Waals surface area (Å²) in [6.07, 6.45) is -2.95. The fourth-order valence-corrected chi connectivity index (χ4v) is 5.64. The summed E-state index contributed by atoms with van der Waals surface area (Å²) in [6.45, 7) is 0.781. The second kappa shape index (κ2) is 10.5. The van der Waals surface area contributed by atoms with Crippen molar-refractivity contribution >= 4 is 10.0 Å². The van der Waals surface area contributed by atoms with Gasteiger partial charge >= 0.3 is 6.18 Å². The van der Waals surface area contributed by atoms with Crippen LogP contribution in [0.25, 0.3) is 0 Å². The minimum Gasteiger partial charge on any atom is -0.373 e. The zero-order valence-corrected chi connectivity index (χ0v) is 20.2. The monoisotopic (exact) mass is 503 g/mol. The Balaban J connectivity index is 1.63. The SMILES string of the molecule is CS(=O)(=O)N1CC[C@H](OCc2ccc(C(F)(F)F)cc2)[C@H](C(c2ccccc2)c2ccccc2)C1. The number of alkyl halides is 3. The summed E-state index contributed by atoms with van der Waals surface area (Å²) in [5, 5.41) is 0. The van der Waals surface area contributed by atoms with Crippen molar-refractivity contribution in [1.82, 2.24) is 4.31 Å². The van der Waals surface area contributed by atoms with Crippen molar-refractivity contribution in [1.29, 1.82) is 0 Å². The largest absolute Gasteiger partial charge is 0.416 e. The first-order valence-electron chi connectivity index (χ1n) is 11.5. The lowest BCUT2D eigenvalue weighted by Crippen LogP contribution is -2.48. The van der Waals surface area contributed by atoms with Crippen molar-refractivity contribution in [2.45, 2.75) is 31.2 Å². The maximum atomic E-state index is 12.9. The molecule has 1 heterocycles. The number of rotatable bonds is 7. The number of ether oxygens (including phenoxy) is 1. The Morgan fingerprint density at radius 1 is 0.914 bits per heavy atom. The molecule has 186 valence electrons. The van der Waals surface area contributed by atoms with Gasteiger partial charge in [-0.2, -0.15) is 13.2 Å². The van der Waals surface area contributed by atoms with E-state index in [9.17, 15) is 21.6 Å². The van der Waals surface area contributed by atoms with Gasteiger partial charge in [-0.05, 0) is 35.2 Å². The van der Waals surface area contributed by atoms with E-state index < -0.39 is 21.8 Å². The molecule has 0 spiro atoms. The molecule has 4 rings (SSSR count). The molecule has 0 saturated carbocycles. The maximum Gasteiger partial charge on any atom is 0.416 e. The van der Waals surface area contributed by atoms with Crippen LogP contribution in [-0.2, 0) is 27.5 Å². The molecule has 8 heteroatoms. The van der Waals surface area contributed by atoms with Gasteiger partial charge in [-0.15, -0.1) is 0 Å². The molecule has 1 fully saturated rings. The summed E-state index contributed by atoms with van der Waals surface area (Å²) < 4.78 is 71.3. The summed E-state index contributed by atoms with van der Waals surface area (Å²) in [5.74, 6) is -0.294. The predicted octanol–water partition coefficient (Wildman–Crippen LogP) is 5.70. The van der Waals surface area contributed by atoms with Gasteiger partial charge < -0.3 is 4.74 Å². The molecule has 3 aromatic rings. The lowest BCUT2D eigenvalue weighted by atomic mass is 9.76. The molecule has 0 amide bonds. The van der Waals surface area contributed by atoms with Crippen LogP contribution in [0.15, 0.2) is 84.9 Å². The average molecular weight is 504 g/mol. The topological polar surface area (TPSA) is 46.6 Å². The van der Waals surface area contributed by atoms with E-state index in [-0.39, 0.29) is 24.5 Å². The highest BCUT2D eigenvalue weighted by atomic mass is 32.2. The number of nitrogens with zero attached hydrogens (tertiary/aromatic N) is 1. The number of benzene rings is 3. The van der Waals surface area contributed by atoms with Crippen LogP contribution in [0.1, 0.15) is 34.6 Å². The average Bonchev–Trinajstić information content (AvgIpc) is 2.84. The van der Waals surface area contributed by atoms with Gasteiger partial charge in [0.2, 0.25) is 10.0 Å². The molecule has 0 aromatic heterocycles. The van der Waals surface area contributed by atoms with Gasteiger partial charge in [-0.3, -0.25) is 0 Å². The maximum absolute atomic E-state index is 12.9. The van der Waals surface area contributed by atoms with E-state index in [1.165, 1.54) is 22.7 Å². The fourth-order valence-electron chi connectivity index (χ4n) is 4.76. The van der Waals surface area contributed by atoms with Gasteiger partial charge in [-0.25, -0.2) is 12.7 Å². The molecule has 4 nitrogen and oxygen atoms in total. The third-order valence-corrected chi connectivity index (χ3v) is 7.78. The Bertz CT molecular complexity index is 1160. The van der Waals surface area contributed by atoms with Crippen molar-refractivity contribution in [2.75, 3.05) is 19.3 Å². The Morgan fingerprint density at radius 3 is 1.94 bits per heavy atom. The highest BCUT2D eigenvalue weighted by Gasteiger charge is 2.39. The number of hydrogen-bond acceptors (Lipinski definition) is 3. The van der Waals surface area contributed by atoms with Crippen molar-refractivity contribution < 1.29 is 26.3 Å². The highest BCUT2D eigenvalue weighted by Crippen LogP contribution is 2.39. The van der Waals surface area contributed by atoms with Gasteiger partial charge in [0.05, 0.1) is 24.5 Å². The van der Waals surface area contributed by atoms with E-state index in [2.05, 4.69) is 0 Å². The third kappa shape index (κ3) is 6.31. The quantitative estimate of drug-likeness (QED) is 0.415. The van der Waals surface area contributed by atoms with Crippen LogP contribution in [0, 0.1) is 5.92 Å². The standard InChI is InChI=1S/C27H28F3NO3S/c1-35(32,33)31-17-16-25(34-19-20-12-14-23(15-13-20)27(28,29)30)24(18-31)26(21-8-4-2-5-9-21)22-10-6-3-7-11-22/h2-15,24-26H,16-19H2,1H3/t24-,25+/m1/s1. The first-order valence-corrected chi connectivity index (χ1v) is 13.3. The molecule has 3 aromatic carbocycles. The second-order valence-electron chi connectivity index (χ2n) is 8.92. The second-order valence-corrected chi connectivity index (χ2v) is 10.9. The minimum atomic E-state index is -4.39. The van der Waals surface area contributed by atoms with Crippen molar-refractivity contribution in [3.63, 3.8) is 0 Å². The van der Waals surface area contributed by atoms with Gasteiger partial charge in [0, 0.05) is 24.9 Å². The Hall–Kier alpha value is -2.68. The van der Waals surface area contributed by atoms with Crippen molar-refractivity contribution in [2.24, 2.45) is 5.92 Å². The molecule has 0 N–H and O–H groups in total. The molecule has 0 bridgehead atoms. The number of hydrogen-bond donors (Lipinski definition) is 0. The lowest BCUT2D eigenvalue weighted by Gasteiger charge is -2.41. The van der Waals surface area contributed by atoms with Crippen LogP contribution in [0.5, 0.6) is 0 Å². The van der Waals surface area contributed by atoms with E-state index in [0.29, 0.717) is 25.1 Å². The molecule has 1 aliphatic rings. The van der Waals surface area contributed by atoms with E-state index in [1.54, 1.807) is 0 Å². The van der Waals surface area contributed by atoms with Gasteiger partial charge in [0.25, 0.3) is 0 Å². The zero-order chi connectivity index (χ0) is 25.1. The van der Waals surface area contributed by atoms with Gasteiger partial charge in [-0.1, -0.05) is 72.8 Å². The number of halogens is 3. The summed E-state index contributed by atoms with van der Waals surface area (Å²) in [5.41, 5.74) is 2.05. The van der Waals surface area contributed by atoms with Crippen LogP contribution in [0.2, 0.25) is 0 Å². The first kappa shape index (κ1) is 25.4. The molecular formula is C27H28F3NO3S. The van der Waals surface area contributed by atoms with E-state index >= 15 is 0 Å². The predicted molar refractivity (Wildman–Crippen MR) is 129 cm³/mol. The first-order chi connectivity index (χ1) is 16.6. The van der Waals surface area contributed by atoms with Crippen LogP contribution in [0.4, 0.5) is 13.2 Å². The Kier molecular flexibility index (Phi) is 7.64. The van der Waals surface area contributed by atoms with Crippen LogP contribution >= 0.6 is 0 Å². The van der Waals surface area contributed by atoms with Gasteiger partial charge in [0.1, 0.15) is 0 Å². The van der Waals surface area contributed by atoms with Crippen LogP contribution in [0.3, 0.4) is 0 Å². The summed E-state index contributed by atoms with van der Waals surface area (Å²) in [6, 6.07) is 24.8. The molecular weight excluding hydrogens is 475 g/mol. The van der Waals surface area contributed by atoms with E-state index in [4.69, 9.17) is 4.74 Å². The van der Waals surface area contributed by atoms with Gasteiger partial charge in [0.15, 0.2) is 0 Å². The van der Waals surface area contributed by atoms with Crippen LogP contribution < -0.4 is 0 Å². The van der Waals surface area contributed by atoms with E-state index in [1.807, 2.05) is 60.7 Å². The van der Waals surface area contributed by atoms with E-state index in [0.717, 1.165) is 23.3 Å². The lowest BCUT2D eigenvalue weighted by molar-refractivity contribution is -0.137. The van der Waals surface area contributed by atoms with Crippen molar-refractivity contribution in [3.8, 4) is 0 Å². The zero-order valence-electron chi connectivity index (χ0n) is 19.4. The summed E-state index contributed by atoms with van der Waals surface area (Å²) >= 11 is 0. The molecule has 1 saturated heterocycles. The highest BCUT2D eigenvalue weighted by molar-refractivity contribution is 7.88. The molecule has 0 aliphatic carbocycles. The summed E-state index contributed by atoms with van der Waals surface area (Å²) in [4.78, 5) is 0. The minimum absolute atomic E-state index is 0.112. The molecule has 2 atom stereocenters. The van der Waals surface area contributed by atoms with Crippen molar-refractivity contribution in [3.05, 3.63) is 107 Å². The third-order valence-electron chi connectivity index (χ3n) is 6.51. The normalized spacial score (nSPS) is 19.7. The number of sulfonamides is 1.